The summed E-state index contributed by atoms with van der Waals surface area (Å²) in [6.07, 6.45) is 1.68. The van der Waals surface area contributed by atoms with Crippen molar-refractivity contribution in [1.29, 1.82) is 0 Å². The Balaban J connectivity index is 2.31. The maximum absolute atomic E-state index is 6.02. The Morgan fingerprint density at radius 2 is 2.06 bits per heavy atom. The highest BCUT2D eigenvalue weighted by Crippen LogP contribution is 2.34. The summed E-state index contributed by atoms with van der Waals surface area (Å²) in [6.45, 7) is 1.96. The van der Waals surface area contributed by atoms with Crippen LogP contribution in [0.3, 0.4) is 0 Å². The smallest absolute Gasteiger partial charge is 0.219 e. The second-order valence-electron chi connectivity index (χ2n) is 3.43. The van der Waals surface area contributed by atoms with E-state index in [1.165, 1.54) is 0 Å². The first kappa shape index (κ1) is 12.7. The van der Waals surface area contributed by atoms with E-state index in [2.05, 4.69) is 20.9 Å². The van der Waals surface area contributed by atoms with Gasteiger partial charge in [0.1, 0.15) is 10.8 Å². The summed E-state index contributed by atoms with van der Waals surface area (Å²) >= 11 is 15.3. The van der Waals surface area contributed by atoms with Gasteiger partial charge in [-0.05, 0) is 40.5 Å². The van der Waals surface area contributed by atoms with Crippen LogP contribution in [0, 0.1) is 6.92 Å². The molecule has 0 aliphatic rings. The van der Waals surface area contributed by atoms with E-state index in [1.54, 1.807) is 24.4 Å². The number of ether oxygens (including phenoxy) is 1. The molecule has 0 amide bonds. The Hall–Kier alpha value is -0.770. The number of benzene rings is 1. The van der Waals surface area contributed by atoms with Gasteiger partial charge >= 0.3 is 0 Å². The topological polar surface area (TPSA) is 22.1 Å². The zero-order valence-corrected chi connectivity index (χ0v) is 12.0. The number of nitrogens with zero attached hydrogens (tertiary/aromatic N) is 1. The highest BCUT2D eigenvalue weighted by Gasteiger charge is 2.08. The lowest BCUT2D eigenvalue weighted by Crippen LogP contribution is -1.90. The third-order valence-corrected chi connectivity index (χ3v) is 3.78. The summed E-state index contributed by atoms with van der Waals surface area (Å²) in [6, 6.07) is 7.04. The van der Waals surface area contributed by atoms with Gasteiger partial charge in [-0.15, -0.1) is 0 Å². The van der Waals surface area contributed by atoms with E-state index in [1.807, 2.05) is 13.0 Å². The predicted molar refractivity (Wildman–Crippen MR) is 73.2 cm³/mol. The number of pyridine rings is 1. The van der Waals surface area contributed by atoms with Crippen molar-refractivity contribution >= 4 is 39.1 Å². The fourth-order valence-electron chi connectivity index (χ4n) is 1.24. The number of hydrogen-bond acceptors (Lipinski definition) is 2. The Morgan fingerprint density at radius 3 is 2.76 bits per heavy atom. The van der Waals surface area contributed by atoms with Crippen LogP contribution in [-0.2, 0) is 0 Å². The Kier molecular flexibility index (Phi) is 3.92. The van der Waals surface area contributed by atoms with Gasteiger partial charge in [-0.25, -0.2) is 4.98 Å². The summed E-state index contributed by atoms with van der Waals surface area (Å²) in [5.74, 6) is 0.975. The van der Waals surface area contributed by atoms with Crippen molar-refractivity contribution in [3.8, 4) is 11.6 Å². The predicted octanol–water partition coefficient (Wildman–Crippen LogP) is 5.25. The molecule has 0 unspecified atom stereocenters. The average molecular weight is 333 g/mol. The first-order valence-electron chi connectivity index (χ1n) is 4.82. The SMILES string of the molecule is Cc1cc(Oc2cccc(Cl)c2Cl)ncc1Br. The molecule has 0 saturated heterocycles. The van der Waals surface area contributed by atoms with Gasteiger partial charge in [0.15, 0.2) is 0 Å². The van der Waals surface area contributed by atoms with Crippen molar-refractivity contribution in [1.82, 2.24) is 4.98 Å². The van der Waals surface area contributed by atoms with Gasteiger partial charge < -0.3 is 4.74 Å². The molecule has 0 N–H and O–H groups in total. The molecule has 1 heterocycles. The number of hydrogen-bond donors (Lipinski definition) is 0. The average Bonchev–Trinajstić information content (AvgIpc) is 2.30. The third-order valence-electron chi connectivity index (χ3n) is 2.15. The van der Waals surface area contributed by atoms with Crippen LogP contribution < -0.4 is 4.74 Å². The first-order chi connectivity index (χ1) is 8.08. The molecule has 0 spiro atoms. The molecule has 2 aromatic rings. The highest BCUT2D eigenvalue weighted by atomic mass is 79.9. The van der Waals surface area contributed by atoms with Crippen LogP contribution >= 0.6 is 39.1 Å². The number of aromatic nitrogens is 1. The Bertz CT molecular complexity index is 560. The van der Waals surface area contributed by atoms with Gasteiger partial charge in [-0.2, -0.15) is 0 Å². The second-order valence-corrected chi connectivity index (χ2v) is 5.07. The van der Waals surface area contributed by atoms with E-state index < -0.39 is 0 Å². The molecule has 2 rings (SSSR count). The molecule has 0 aliphatic heterocycles. The normalized spacial score (nSPS) is 10.4. The van der Waals surface area contributed by atoms with Crippen molar-refractivity contribution in [2.45, 2.75) is 6.92 Å². The maximum atomic E-state index is 6.02. The standard InChI is InChI=1S/C12H8BrCl2NO/c1-7-5-11(16-6-8(7)13)17-10-4-2-3-9(14)12(10)15/h2-6H,1H3. The molecule has 0 radical (unpaired) electrons. The van der Waals surface area contributed by atoms with E-state index in [0.29, 0.717) is 21.7 Å². The van der Waals surface area contributed by atoms with Gasteiger partial charge in [0.2, 0.25) is 5.88 Å². The van der Waals surface area contributed by atoms with Crippen molar-refractivity contribution in [3.05, 3.63) is 50.5 Å². The molecular formula is C12H8BrCl2NO. The molecule has 1 aromatic carbocycles. The number of aryl methyl sites for hydroxylation is 1. The van der Waals surface area contributed by atoms with E-state index in [0.717, 1.165) is 10.0 Å². The van der Waals surface area contributed by atoms with E-state index in [9.17, 15) is 0 Å². The van der Waals surface area contributed by atoms with E-state index in [-0.39, 0.29) is 0 Å². The Labute approximate surface area is 118 Å². The number of halogens is 3. The summed E-state index contributed by atoms with van der Waals surface area (Å²) < 4.78 is 6.51. The molecule has 0 fully saturated rings. The van der Waals surface area contributed by atoms with Crippen molar-refractivity contribution in [2.75, 3.05) is 0 Å². The molecule has 2 nitrogen and oxygen atoms in total. The quantitative estimate of drug-likeness (QED) is 0.749. The van der Waals surface area contributed by atoms with Gasteiger partial charge in [-0.3, -0.25) is 0 Å². The summed E-state index contributed by atoms with van der Waals surface area (Å²) in [5.41, 5.74) is 1.04. The summed E-state index contributed by atoms with van der Waals surface area (Å²) in [5, 5.41) is 0.842. The van der Waals surface area contributed by atoms with Crippen LogP contribution in [0.2, 0.25) is 10.0 Å². The third kappa shape index (κ3) is 2.92. The molecule has 1 aromatic heterocycles. The molecule has 0 atom stereocenters. The van der Waals surface area contributed by atoms with Crippen LogP contribution in [0.5, 0.6) is 11.6 Å². The Morgan fingerprint density at radius 1 is 1.29 bits per heavy atom. The first-order valence-corrected chi connectivity index (χ1v) is 6.37. The van der Waals surface area contributed by atoms with Crippen LogP contribution in [0.1, 0.15) is 5.56 Å². The monoisotopic (exact) mass is 331 g/mol. The van der Waals surface area contributed by atoms with Crippen LogP contribution in [0.25, 0.3) is 0 Å². The minimum atomic E-state index is 0.386. The zero-order chi connectivity index (χ0) is 12.4. The molecule has 0 saturated carbocycles. The van der Waals surface area contributed by atoms with Crippen LogP contribution in [0.4, 0.5) is 0 Å². The lowest BCUT2D eigenvalue weighted by Gasteiger charge is -2.08. The molecular weight excluding hydrogens is 325 g/mol. The van der Waals surface area contributed by atoms with Crippen LogP contribution in [0.15, 0.2) is 34.9 Å². The highest BCUT2D eigenvalue weighted by molar-refractivity contribution is 9.10. The van der Waals surface area contributed by atoms with Gasteiger partial charge in [0.05, 0.1) is 5.02 Å². The summed E-state index contributed by atoms with van der Waals surface area (Å²) in [4.78, 5) is 4.13. The molecule has 0 aliphatic carbocycles. The fraction of sp³-hybridized carbons (Fsp3) is 0.0833. The number of rotatable bonds is 2. The lowest BCUT2D eigenvalue weighted by atomic mass is 10.3. The van der Waals surface area contributed by atoms with Gasteiger partial charge in [0, 0.05) is 16.7 Å². The minimum Gasteiger partial charge on any atom is -0.437 e. The van der Waals surface area contributed by atoms with Crippen molar-refractivity contribution < 1.29 is 4.74 Å². The van der Waals surface area contributed by atoms with Gasteiger partial charge in [0.25, 0.3) is 0 Å². The lowest BCUT2D eigenvalue weighted by molar-refractivity contribution is 0.462. The second kappa shape index (κ2) is 5.25. The zero-order valence-electron chi connectivity index (χ0n) is 8.88. The van der Waals surface area contributed by atoms with Crippen LogP contribution in [-0.4, -0.2) is 4.98 Å². The minimum absolute atomic E-state index is 0.386. The largest absolute Gasteiger partial charge is 0.437 e. The fourth-order valence-corrected chi connectivity index (χ4v) is 1.79. The van der Waals surface area contributed by atoms with Crippen molar-refractivity contribution in [2.24, 2.45) is 0 Å². The van der Waals surface area contributed by atoms with Crippen molar-refractivity contribution in [3.63, 3.8) is 0 Å². The molecule has 88 valence electrons. The molecule has 17 heavy (non-hydrogen) atoms. The maximum Gasteiger partial charge on any atom is 0.219 e. The van der Waals surface area contributed by atoms with E-state index >= 15 is 0 Å². The van der Waals surface area contributed by atoms with Gasteiger partial charge in [-0.1, -0.05) is 29.3 Å². The molecule has 5 heteroatoms. The summed E-state index contributed by atoms with van der Waals surface area (Å²) in [7, 11) is 0. The molecule has 0 bridgehead atoms. The van der Waals surface area contributed by atoms with E-state index in [4.69, 9.17) is 27.9 Å².